The Bertz CT molecular complexity index is 241. The Labute approximate surface area is 88.4 Å². The molecule has 0 amide bonds. The Balaban J connectivity index is 2.53. The molecule has 1 rings (SSSR count). The predicted molar refractivity (Wildman–Crippen MR) is 63.2 cm³/mol. The fourth-order valence-corrected chi connectivity index (χ4v) is 2.19. The second-order valence-electron chi connectivity index (χ2n) is 4.44. The summed E-state index contributed by atoms with van der Waals surface area (Å²) in [6, 6.07) is 0. The predicted octanol–water partition coefficient (Wildman–Crippen LogP) is 4.49. The lowest BCUT2D eigenvalue weighted by molar-refractivity contribution is 0.433. The molecule has 0 aromatic rings. The normalized spacial score (nSPS) is 26.7. The van der Waals surface area contributed by atoms with Crippen molar-refractivity contribution < 1.29 is 0 Å². The summed E-state index contributed by atoms with van der Waals surface area (Å²) in [6.07, 6.45) is 11.0. The third kappa shape index (κ3) is 3.55. The SMILES string of the molecule is C=C=C(CC)CC1C=CCCC(C)C1. The van der Waals surface area contributed by atoms with Gasteiger partial charge < -0.3 is 0 Å². The van der Waals surface area contributed by atoms with Crippen LogP contribution in [0.5, 0.6) is 0 Å². The number of hydrogen-bond donors (Lipinski definition) is 0. The number of rotatable bonds is 3. The fourth-order valence-electron chi connectivity index (χ4n) is 2.19. The van der Waals surface area contributed by atoms with Crippen molar-refractivity contribution in [3.63, 3.8) is 0 Å². The van der Waals surface area contributed by atoms with E-state index in [9.17, 15) is 0 Å². The zero-order valence-corrected chi connectivity index (χ0v) is 9.55. The molecule has 0 spiro atoms. The summed E-state index contributed by atoms with van der Waals surface area (Å²) in [5.74, 6) is 1.61. The van der Waals surface area contributed by atoms with Crippen molar-refractivity contribution in [1.82, 2.24) is 0 Å². The van der Waals surface area contributed by atoms with Crippen molar-refractivity contribution in [3.05, 3.63) is 30.0 Å². The Hall–Kier alpha value is -0.740. The first-order valence-electron chi connectivity index (χ1n) is 5.80. The summed E-state index contributed by atoms with van der Waals surface area (Å²) in [7, 11) is 0. The lowest BCUT2D eigenvalue weighted by Crippen LogP contribution is -2.03. The lowest BCUT2D eigenvalue weighted by Gasteiger charge is -2.15. The van der Waals surface area contributed by atoms with E-state index in [1.165, 1.54) is 31.3 Å². The fraction of sp³-hybridized carbons (Fsp3) is 0.643. The van der Waals surface area contributed by atoms with Crippen LogP contribution in [-0.2, 0) is 0 Å². The molecule has 0 radical (unpaired) electrons. The third-order valence-electron chi connectivity index (χ3n) is 3.12. The quantitative estimate of drug-likeness (QED) is 0.454. The largest absolute Gasteiger partial charge is 0.130 e. The molecule has 0 aromatic heterocycles. The molecule has 2 unspecified atom stereocenters. The summed E-state index contributed by atoms with van der Waals surface area (Å²) in [4.78, 5) is 0. The van der Waals surface area contributed by atoms with Crippen LogP contribution in [0.15, 0.2) is 30.0 Å². The zero-order valence-electron chi connectivity index (χ0n) is 9.55. The minimum absolute atomic E-state index is 0.733. The van der Waals surface area contributed by atoms with Crippen LogP contribution in [-0.4, -0.2) is 0 Å². The molecule has 2 atom stereocenters. The summed E-state index contributed by atoms with van der Waals surface area (Å²) in [5.41, 5.74) is 4.45. The first-order chi connectivity index (χ1) is 6.76. The minimum atomic E-state index is 0.733. The molecule has 14 heavy (non-hydrogen) atoms. The van der Waals surface area contributed by atoms with E-state index >= 15 is 0 Å². The Morgan fingerprint density at radius 2 is 2.36 bits per heavy atom. The summed E-state index contributed by atoms with van der Waals surface area (Å²) < 4.78 is 0. The Morgan fingerprint density at radius 1 is 1.57 bits per heavy atom. The molecular weight excluding hydrogens is 168 g/mol. The van der Waals surface area contributed by atoms with Gasteiger partial charge in [-0.15, -0.1) is 5.73 Å². The van der Waals surface area contributed by atoms with E-state index in [0.29, 0.717) is 0 Å². The number of allylic oxidation sites excluding steroid dienone is 3. The molecule has 1 aliphatic rings. The molecule has 0 saturated heterocycles. The van der Waals surface area contributed by atoms with Gasteiger partial charge in [0, 0.05) is 0 Å². The van der Waals surface area contributed by atoms with Crippen molar-refractivity contribution in [2.24, 2.45) is 11.8 Å². The molecule has 0 nitrogen and oxygen atoms in total. The van der Waals surface area contributed by atoms with E-state index in [0.717, 1.165) is 18.3 Å². The average molecular weight is 190 g/mol. The highest BCUT2D eigenvalue weighted by Crippen LogP contribution is 2.27. The topological polar surface area (TPSA) is 0 Å². The van der Waals surface area contributed by atoms with Gasteiger partial charge >= 0.3 is 0 Å². The van der Waals surface area contributed by atoms with Gasteiger partial charge in [0.05, 0.1) is 0 Å². The van der Waals surface area contributed by atoms with Gasteiger partial charge in [0.25, 0.3) is 0 Å². The average Bonchev–Trinajstić information content (AvgIpc) is 2.39. The van der Waals surface area contributed by atoms with Gasteiger partial charge in [0.15, 0.2) is 0 Å². The van der Waals surface area contributed by atoms with Crippen molar-refractivity contribution in [1.29, 1.82) is 0 Å². The maximum Gasteiger partial charge on any atom is -0.0181 e. The van der Waals surface area contributed by atoms with Gasteiger partial charge in [-0.2, -0.15) is 0 Å². The van der Waals surface area contributed by atoms with E-state index in [2.05, 4.69) is 38.3 Å². The summed E-state index contributed by atoms with van der Waals surface area (Å²) >= 11 is 0. The Morgan fingerprint density at radius 3 is 3.00 bits per heavy atom. The highest BCUT2D eigenvalue weighted by molar-refractivity contribution is 5.04. The van der Waals surface area contributed by atoms with Crippen LogP contribution in [0.3, 0.4) is 0 Å². The van der Waals surface area contributed by atoms with Gasteiger partial charge in [0.1, 0.15) is 0 Å². The van der Waals surface area contributed by atoms with E-state index in [1.54, 1.807) is 0 Å². The summed E-state index contributed by atoms with van der Waals surface area (Å²) in [5, 5.41) is 0. The standard InChI is InChI=1S/C14H22/c1-4-13(5-2)11-14-9-7-6-8-12(3)10-14/h7,9,12,14H,1,5-6,8,10-11H2,2-3H3. The van der Waals surface area contributed by atoms with E-state index in [-0.39, 0.29) is 0 Å². The molecule has 0 bridgehead atoms. The second kappa shape index (κ2) is 5.88. The second-order valence-corrected chi connectivity index (χ2v) is 4.44. The molecule has 1 aliphatic carbocycles. The van der Waals surface area contributed by atoms with Gasteiger partial charge in [-0.25, -0.2) is 0 Å². The van der Waals surface area contributed by atoms with Gasteiger partial charge in [-0.1, -0.05) is 32.6 Å². The van der Waals surface area contributed by atoms with Crippen molar-refractivity contribution >= 4 is 0 Å². The first-order valence-corrected chi connectivity index (χ1v) is 5.80. The monoisotopic (exact) mass is 190 g/mol. The summed E-state index contributed by atoms with van der Waals surface area (Å²) in [6.45, 7) is 8.31. The van der Waals surface area contributed by atoms with Crippen LogP contribution < -0.4 is 0 Å². The third-order valence-corrected chi connectivity index (χ3v) is 3.12. The Kier molecular flexibility index (Phi) is 4.76. The van der Waals surface area contributed by atoms with Crippen LogP contribution in [0.25, 0.3) is 0 Å². The van der Waals surface area contributed by atoms with Crippen LogP contribution in [0.2, 0.25) is 0 Å². The van der Waals surface area contributed by atoms with E-state index < -0.39 is 0 Å². The minimum Gasteiger partial charge on any atom is -0.130 e. The molecule has 0 fully saturated rings. The highest BCUT2D eigenvalue weighted by atomic mass is 14.2. The van der Waals surface area contributed by atoms with Gasteiger partial charge in [-0.3, -0.25) is 0 Å². The molecular formula is C14H22. The van der Waals surface area contributed by atoms with E-state index in [4.69, 9.17) is 0 Å². The first kappa shape index (κ1) is 11.3. The van der Waals surface area contributed by atoms with Crippen molar-refractivity contribution in [2.45, 2.75) is 46.0 Å². The van der Waals surface area contributed by atoms with Crippen LogP contribution in [0, 0.1) is 11.8 Å². The maximum atomic E-state index is 3.75. The van der Waals surface area contributed by atoms with Crippen LogP contribution in [0.4, 0.5) is 0 Å². The number of hydrogen-bond acceptors (Lipinski definition) is 0. The molecule has 0 N–H and O–H groups in total. The highest BCUT2D eigenvalue weighted by Gasteiger charge is 2.14. The maximum absolute atomic E-state index is 3.75. The van der Waals surface area contributed by atoms with Gasteiger partial charge in [-0.05, 0) is 49.5 Å². The van der Waals surface area contributed by atoms with Gasteiger partial charge in [0.2, 0.25) is 0 Å². The van der Waals surface area contributed by atoms with Crippen LogP contribution in [0.1, 0.15) is 46.0 Å². The van der Waals surface area contributed by atoms with Crippen LogP contribution >= 0.6 is 0 Å². The lowest BCUT2D eigenvalue weighted by atomic mass is 9.90. The molecule has 0 saturated carbocycles. The van der Waals surface area contributed by atoms with Crippen molar-refractivity contribution in [2.75, 3.05) is 0 Å². The molecule has 0 aliphatic heterocycles. The van der Waals surface area contributed by atoms with E-state index in [1.807, 2.05) is 0 Å². The zero-order chi connectivity index (χ0) is 10.4. The molecule has 78 valence electrons. The molecule has 0 aromatic carbocycles. The smallest absolute Gasteiger partial charge is 0.0181 e. The molecule has 0 heteroatoms. The van der Waals surface area contributed by atoms with Crippen molar-refractivity contribution in [3.8, 4) is 0 Å². The molecule has 0 heterocycles.